The number of imide groups is 1. The number of fused-ring (bicyclic) bond motifs is 1. The number of carbonyl (C=O) groups is 3. The summed E-state index contributed by atoms with van der Waals surface area (Å²) in [6.45, 7) is 3.72. The van der Waals surface area contributed by atoms with Crippen LogP contribution < -0.4 is 44.3 Å². The van der Waals surface area contributed by atoms with Gasteiger partial charge in [-0.05, 0) is 68.5 Å². The first kappa shape index (κ1) is 30.1. The molecule has 0 spiro atoms. The molecule has 2 aromatic rings. The van der Waals surface area contributed by atoms with Gasteiger partial charge in [0.1, 0.15) is 5.75 Å². The molecule has 1 saturated carbocycles. The number of nitrogens with zero attached hydrogens (tertiary/aromatic N) is 1. The summed E-state index contributed by atoms with van der Waals surface area (Å²) in [5.74, 6) is -0.136. The fourth-order valence-electron chi connectivity index (χ4n) is 4.98. The number of carbonyl (C=O) groups excluding carboxylic acids is 3. The molecule has 0 atom stereocenters. The zero-order valence-corrected chi connectivity index (χ0v) is 25.2. The number of nitrogens with one attached hydrogen (secondary N) is 2. The van der Waals surface area contributed by atoms with Gasteiger partial charge in [-0.25, -0.2) is 17.9 Å². The Hall–Kier alpha value is -2.40. The molecule has 0 unspecified atom stereocenters. The molecule has 0 saturated heterocycles. The number of ether oxygens (including phenoxy) is 1. The van der Waals surface area contributed by atoms with Gasteiger partial charge in [0.25, 0.3) is 15.9 Å². The van der Waals surface area contributed by atoms with Gasteiger partial charge in [0.15, 0.2) is 0 Å². The third kappa shape index (κ3) is 6.42. The minimum atomic E-state index is -4.03. The van der Waals surface area contributed by atoms with E-state index in [1.165, 1.54) is 24.1 Å². The maximum atomic E-state index is 13.2. The summed E-state index contributed by atoms with van der Waals surface area (Å²) < 4.78 is 32.6. The number of amides is 4. The van der Waals surface area contributed by atoms with Crippen LogP contribution in [0.4, 0.5) is 4.79 Å². The van der Waals surface area contributed by atoms with Crippen molar-refractivity contribution in [3.05, 3.63) is 59.2 Å². The molecule has 0 aromatic heterocycles. The van der Waals surface area contributed by atoms with E-state index in [1.54, 1.807) is 44.2 Å². The molecule has 0 radical (unpaired) electrons. The molecular formula is C27H33N3NaO6S+. The van der Waals surface area contributed by atoms with Crippen LogP contribution in [0.3, 0.4) is 0 Å². The average molecular weight is 551 g/mol. The molecule has 1 aliphatic carbocycles. The van der Waals surface area contributed by atoms with Crippen molar-refractivity contribution in [2.45, 2.75) is 68.7 Å². The van der Waals surface area contributed by atoms with Crippen molar-refractivity contribution in [3.8, 4) is 5.75 Å². The first-order valence-corrected chi connectivity index (χ1v) is 14.0. The molecule has 2 aliphatic rings. The van der Waals surface area contributed by atoms with E-state index in [0.717, 1.165) is 37.7 Å². The molecule has 1 fully saturated rings. The van der Waals surface area contributed by atoms with Crippen LogP contribution >= 0.6 is 0 Å². The van der Waals surface area contributed by atoms with E-state index in [1.807, 2.05) is 0 Å². The Balaban J connectivity index is 0.00000400. The number of rotatable bonds is 7. The van der Waals surface area contributed by atoms with E-state index in [9.17, 15) is 22.8 Å². The molecule has 1 heterocycles. The number of hydrogen-bond acceptors (Lipinski definition) is 6. The Kier molecular flexibility index (Phi) is 9.67. The zero-order chi connectivity index (χ0) is 26.8. The summed E-state index contributed by atoms with van der Waals surface area (Å²) in [4.78, 5) is 39.7. The number of hydrogen-bond donors (Lipinski definition) is 2. The molecule has 198 valence electrons. The fourth-order valence-corrected chi connectivity index (χ4v) is 5.90. The predicted octanol–water partition coefficient (Wildman–Crippen LogP) is 0.523. The molecule has 2 N–H and O–H groups in total. The van der Waals surface area contributed by atoms with Crippen molar-refractivity contribution in [1.82, 2.24) is 14.9 Å². The van der Waals surface area contributed by atoms with Crippen LogP contribution in [-0.2, 0) is 26.7 Å². The summed E-state index contributed by atoms with van der Waals surface area (Å²) in [6, 6.07) is 10.5. The second-order valence-electron chi connectivity index (χ2n) is 10.1. The second kappa shape index (κ2) is 12.2. The van der Waals surface area contributed by atoms with Crippen molar-refractivity contribution >= 4 is 27.9 Å². The van der Waals surface area contributed by atoms with E-state index >= 15 is 0 Å². The molecule has 1 aliphatic heterocycles. The van der Waals surface area contributed by atoms with E-state index in [0.29, 0.717) is 23.3 Å². The Labute approximate surface area is 246 Å². The maximum Gasteiger partial charge on any atom is 1.00 e. The summed E-state index contributed by atoms with van der Waals surface area (Å²) in [6.07, 6.45) is 5.21. The SMILES string of the molecule is COc1ccc2c(c1)C(=O)N(CCc1ccc(S(=O)(=O)NC(=O)NC3CCCCC3)cc1)C(=O)C2(C)C.[Na+]. The number of benzene rings is 2. The predicted molar refractivity (Wildman–Crippen MR) is 138 cm³/mol. The number of urea groups is 1. The van der Waals surface area contributed by atoms with Crippen LogP contribution in [0, 0.1) is 0 Å². The Morgan fingerprint density at radius 2 is 1.71 bits per heavy atom. The van der Waals surface area contributed by atoms with Gasteiger partial charge in [0.05, 0.1) is 17.4 Å². The first-order valence-electron chi connectivity index (χ1n) is 12.5. The van der Waals surface area contributed by atoms with E-state index in [4.69, 9.17) is 4.74 Å². The molecule has 11 heteroatoms. The van der Waals surface area contributed by atoms with Gasteiger partial charge >= 0.3 is 35.6 Å². The minimum Gasteiger partial charge on any atom is -0.497 e. The van der Waals surface area contributed by atoms with Gasteiger partial charge in [-0.15, -0.1) is 0 Å². The van der Waals surface area contributed by atoms with Gasteiger partial charge < -0.3 is 10.1 Å². The topological polar surface area (TPSA) is 122 Å². The van der Waals surface area contributed by atoms with Crippen molar-refractivity contribution in [1.29, 1.82) is 0 Å². The van der Waals surface area contributed by atoms with Crippen LogP contribution in [-0.4, -0.2) is 50.9 Å². The van der Waals surface area contributed by atoms with Gasteiger partial charge in [-0.3, -0.25) is 14.5 Å². The van der Waals surface area contributed by atoms with Crippen molar-refractivity contribution in [2.75, 3.05) is 13.7 Å². The minimum absolute atomic E-state index is 0. The third-order valence-electron chi connectivity index (χ3n) is 7.18. The van der Waals surface area contributed by atoms with Crippen LogP contribution in [0.25, 0.3) is 0 Å². The van der Waals surface area contributed by atoms with Gasteiger partial charge in [-0.1, -0.05) is 37.5 Å². The smallest absolute Gasteiger partial charge is 0.497 e. The molecule has 0 bridgehead atoms. The van der Waals surface area contributed by atoms with E-state index in [-0.39, 0.29) is 58.9 Å². The van der Waals surface area contributed by atoms with Crippen LogP contribution in [0.1, 0.15) is 67.4 Å². The molecule has 4 rings (SSSR count). The van der Waals surface area contributed by atoms with Gasteiger partial charge in [-0.2, -0.15) is 0 Å². The summed E-state index contributed by atoms with van der Waals surface area (Å²) in [5.41, 5.74) is 0.967. The van der Waals surface area contributed by atoms with Crippen LogP contribution in [0.15, 0.2) is 47.4 Å². The molecule has 2 aromatic carbocycles. The standard InChI is InChI=1S/C27H33N3O6S.Na/c1-27(2)23-14-11-20(36-3)17-22(23)24(31)30(25(27)32)16-15-18-9-12-21(13-10-18)37(34,35)29-26(33)28-19-7-5-4-6-8-19;/h9-14,17,19H,4-8,15-16H2,1-3H3,(H2,28,29,33);/q;+1. The van der Waals surface area contributed by atoms with Gasteiger partial charge in [0.2, 0.25) is 5.91 Å². The third-order valence-corrected chi connectivity index (χ3v) is 8.53. The van der Waals surface area contributed by atoms with Crippen molar-refractivity contribution in [2.24, 2.45) is 0 Å². The van der Waals surface area contributed by atoms with Gasteiger partial charge in [0, 0.05) is 18.2 Å². The second-order valence-corrected chi connectivity index (χ2v) is 11.8. The van der Waals surface area contributed by atoms with E-state index < -0.39 is 21.5 Å². The molecule has 9 nitrogen and oxygen atoms in total. The molecular weight excluding hydrogens is 517 g/mol. The average Bonchev–Trinajstić information content (AvgIpc) is 2.88. The Morgan fingerprint density at radius 3 is 2.34 bits per heavy atom. The summed E-state index contributed by atoms with van der Waals surface area (Å²) in [5, 5.41) is 2.74. The summed E-state index contributed by atoms with van der Waals surface area (Å²) in [7, 11) is -2.51. The van der Waals surface area contributed by atoms with Crippen LogP contribution in [0.5, 0.6) is 5.75 Å². The Bertz CT molecular complexity index is 1300. The molecule has 4 amide bonds. The summed E-state index contributed by atoms with van der Waals surface area (Å²) >= 11 is 0. The normalized spacial score (nSPS) is 17.3. The first-order chi connectivity index (χ1) is 17.5. The maximum absolute atomic E-state index is 13.2. The monoisotopic (exact) mass is 550 g/mol. The van der Waals surface area contributed by atoms with E-state index in [2.05, 4.69) is 10.0 Å². The zero-order valence-electron chi connectivity index (χ0n) is 22.4. The fraction of sp³-hybridized carbons (Fsp3) is 0.444. The number of methoxy groups -OCH3 is 1. The van der Waals surface area contributed by atoms with Crippen molar-refractivity contribution < 1.29 is 57.1 Å². The van der Waals surface area contributed by atoms with Crippen LogP contribution in [0.2, 0.25) is 0 Å². The largest absolute Gasteiger partial charge is 1.00 e. The number of sulfonamides is 1. The molecule has 38 heavy (non-hydrogen) atoms. The Morgan fingerprint density at radius 1 is 1.05 bits per heavy atom. The quantitative estimate of drug-likeness (QED) is 0.383. The van der Waals surface area contributed by atoms with Crippen molar-refractivity contribution in [3.63, 3.8) is 0 Å².